The predicted octanol–water partition coefficient (Wildman–Crippen LogP) is 7.49. The summed E-state index contributed by atoms with van der Waals surface area (Å²) in [7, 11) is 0. The Bertz CT molecular complexity index is 138. The highest BCUT2D eigenvalue weighted by Crippen LogP contribution is 2.37. The normalized spacial score (nSPS) is 9.11. The lowest BCUT2D eigenvalue weighted by atomic mass is 9.72. The van der Waals surface area contributed by atoms with Gasteiger partial charge in [-0.3, -0.25) is 0 Å². The monoisotopic (exact) mass is 258 g/mol. The summed E-state index contributed by atoms with van der Waals surface area (Å²) in [4.78, 5) is 0. The van der Waals surface area contributed by atoms with Crippen molar-refractivity contribution < 1.29 is 0 Å². The Balaban J connectivity index is -0.000000118. The van der Waals surface area contributed by atoms with Crippen LogP contribution in [0.3, 0.4) is 0 Å². The molecule has 0 saturated heterocycles. The van der Waals surface area contributed by atoms with Crippen LogP contribution in [0, 0.1) is 11.3 Å². The molecule has 0 heteroatoms. The minimum atomic E-state index is 0.323. The molecule has 0 unspecified atom stereocenters. The van der Waals surface area contributed by atoms with Gasteiger partial charge in [-0.05, 0) is 18.3 Å². The van der Waals surface area contributed by atoms with Gasteiger partial charge in [-0.1, -0.05) is 101 Å². The molecule has 0 N–H and O–H groups in total. The van der Waals surface area contributed by atoms with E-state index in [-0.39, 0.29) is 0 Å². The first-order chi connectivity index (χ1) is 8.38. The SMILES string of the molecule is C=C(C)C(C)(C)C(CC)CC.CC.CC.CCC. The smallest absolute Gasteiger partial charge is 0.0122 e. The van der Waals surface area contributed by atoms with Gasteiger partial charge in [0.1, 0.15) is 0 Å². The summed E-state index contributed by atoms with van der Waals surface area (Å²) in [6.07, 6.45) is 3.77. The van der Waals surface area contributed by atoms with Crippen LogP contribution in [0.2, 0.25) is 0 Å². The maximum absolute atomic E-state index is 4.04. The molecule has 0 aromatic heterocycles. The Hall–Kier alpha value is -0.260. The van der Waals surface area contributed by atoms with Crippen molar-refractivity contribution in [2.45, 2.75) is 95.4 Å². The van der Waals surface area contributed by atoms with Crippen molar-refractivity contribution in [3.05, 3.63) is 12.2 Å². The molecule has 0 nitrogen and oxygen atoms in total. The van der Waals surface area contributed by atoms with Gasteiger partial charge in [-0.2, -0.15) is 0 Å². The molecule has 0 fully saturated rings. The first-order valence-electron chi connectivity index (χ1n) is 8.04. The van der Waals surface area contributed by atoms with Crippen LogP contribution in [0.5, 0.6) is 0 Å². The summed E-state index contributed by atoms with van der Waals surface area (Å²) in [6.45, 7) is 27.6. The summed E-state index contributed by atoms with van der Waals surface area (Å²) < 4.78 is 0. The number of hydrogen-bond acceptors (Lipinski definition) is 0. The third kappa shape index (κ3) is 13.8. The van der Waals surface area contributed by atoms with Gasteiger partial charge in [0.2, 0.25) is 0 Å². The molecule has 18 heavy (non-hydrogen) atoms. The standard InChI is InChI=1S/C11H22.C3H8.2C2H6/c1-7-10(8-2)11(5,6)9(3)4;1-3-2;2*1-2/h10H,3,7-8H2,1-2,4-6H3;3H2,1-2H3;2*1-2H3. The van der Waals surface area contributed by atoms with Crippen LogP contribution in [0.15, 0.2) is 12.2 Å². The van der Waals surface area contributed by atoms with E-state index in [2.05, 4.69) is 55.0 Å². The lowest BCUT2D eigenvalue weighted by molar-refractivity contribution is 0.249. The van der Waals surface area contributed by atoms with Gasteiger partial charge < -0.3 is 0 Å². The van der Waals surface area contributed by atoms with E-state index in [1.807, 2.05) is 27.7 Å². The van der Waals surface area contributed by atoms with Gasteiger partial charge in [-0.25, -0.2) is 0 Å². The van der Waals surface area contributed by atoms with Crippen LogP contribution in [0.25, 0.3) is 0 Å². The molecular formula is C18H42. The van der Waals surface area contributed by atoms with Gasteiger partial charge in [0.05, 0.1) is 0 Å². The van der Waals surface area contributed by atoms with Crippen LogP contribution in [-0.2, 0) is 0 Å². The van der Waals surface area contributed by atoms with Crippen molar-refractivity contribution in [1.82, 2.24) is 0 Å². The van der Waals surface area contributed by atoms with Crippen molar-refractivity contribution in [2.75, 3.05) is 0 Å². The quantitative estimate of drug-likeness (QED) is 0.458. The zero-order valence-electron chi connectivity index (χ0n) is 15.4. The third-order valence-corrected chi connectivity index (χ3v) is 3.11. The maximum Gasteiger partial charge on any atom is -0.0122 e. The molecule has 0 radical (unpaired) electrons. The lowest BCUT2D eigenvalue weighted by Gasteiger charge is -2.33. The molecule has 0 rings (SSSR count). The van der Waals surface area contributed by atoms with E-state index in [0.717, 1.165) is 5.92 Å². The minimum absolute atomic E-state index is 0.323. The summed E-state index contributed by atoms with van der Waals surface area (Å²) in [5, 5.41) is 0. The third-order valence-electron chi connectivity index (χ3n) is 3.11. The summed E-state index contributed by atoms with van der Waals surface area (Å²) in [5.41, 5.74) is 1.63. The van der Waals surface area contributed by atoms with Crippen molar-refractivity contribution in [3.8, 4) is 0 Å². The van der Waals surface area contributed by atoms with Crippen LogP contribution < -0.4 is 0 Å². The van der Waals surface area contributed by atoms with E-state index in [0.29, 0.717) is 5.41 Å². The predicted molar refractivity (Wildman–Crippen MR) is 91.3 cm³/mol. The van der Waals surface area contributed by atoms with Crippen molar-refractivity contribution >= 4 is 0 Å². The van der Waals surface area contributed by atoms with Crippen LogP contribution >= 0.6 is 0 Å². The minimum Gasteiger partial charge on any atom is -0.0996 e. The van der Waals surface area contributed by atoms with Gasteiger partial charge in [0.25, 0.3) is 0 Å². The largest absolute Gasteiger partial charge is 0.0996 e. The molecule has 0 aromatic carbocycles. The lowest BCUT2D eigenvalue weighted by Crippen LogP contribution is -2.23. The molecular weight excluding hydrogens is 216 g/mol. The second-order valence-electron chi connectivity index (χ2n) is 4.72. The molecule has 0 amide bonds. The highest BCUT2D eigenvalue weighted by atomic mass is 14.3. The summed E-state index contributed by atoms with van der Waals surface area (Å²) >= 11 is 0. The average Bonchev–Trinajstić information content (AvgIpc) is 2.36. The highest BCUT2D eigenvalue weighted by molar-refractivity contribution is 5.05. The van der Waals surface area contributed by atoms with E-state index < -0.39 is 0 Å². The van der Waals surface area contributed by atoms with E-state index in [1.165, 1.54) is 24.8 Å². The fraction of sp³-hybridized carbons (Fsp3) is 0.889. The Labute approximate surface area is 119 Å². The fourth-order valence-electron chi connectivity index (χ4n) is 1.66. The molecule has 114 valence electrons. The molecule has 0 aliphatic heterocycles. The Morgan fingerprint density at radius 2 is 1.11 bits per heavy atom. The highest BCUT2D eigenvalue weighted by Gasteiger charge is 2.26. The van der Waals surface area contributed by atoms with Crippen molar-refractivity contribution in [1.29, 1.82) is 0 Å². The van der Waals surface area contributed by atoms with Crippen LogP contribution in [0.1, 0.15) is 95.4 Å². The molecule has 0 bridgehead atoms. The first kappa shape index (κ1) is 26.3. The summed E-state index contributed by atoms with van der Waals surface area (Å²) in [6, 6.07) is 0. The molecule has 0 aromatic rings. The van der Waals surface area contributed by atoms with Crippen LogP contribution in [-0.4, -0.2) is 0 Å². The molecule has 0 atom stereocenters. The summed E-state index contributed by atoms with van der Waals surface area (Å²) in [5.74, 6) is 0.792. The molecule has 0 spiro atoms. The average molecular weight is 259 g/mol. The van der Waals surface area contributed by atoms with E-state index in [9.17, 15) is 0 Å². The van der Waals surface area contributed by atoms with E-state index >= 15 is 0 Å². The molecule has 0 heterocycles. The zero-order valence-corrected chi connectivity index (χ0v) is 15.4. The fourth-order valence-corrected chi connectivity index (χ4v) is 1.66. The second-order valence-corrected chi connectivity index (χ2v) is 4.72. The van der Waals surface area contributed by atoms with Crippen molar-refractivity contribution in [3.63, 3.8) is 0 Å². The van der Waals surface area contributed by atoms with Gasteiger partial charge in [0, 0.05) is 0 Å². The number of hydrogen-bond donors (Lipinski definition) is 0. The second kappa shape index (κ2) is 19.1. The molecule has 0 saturated carbocycles. The van der Waals surface area contributed by atoms with Gasteiger partial charge in [0.15, 0.2) is 0 Å². The van der Waals surface area contributed by atoms with Gasteiger partial charge >= 0.3 is 0 Å². The Kier molecular flexibility index (Phi) is 27.9. The maximum atomic E-state index is 4.04. The van der Waals surface area contributed by atoms with E-state index in [4.69, 9.17) is 0 Å². The topological polar surface area (TPSA) is 0 Å². The van der Waals surface area contributed by atoms with Crippen molar-refractivity contribution in [2.24, 2.45) is 11.3 Å². The Morgan fingerprint density at radius 3 is 1.17 bits per heavy atom. The number of rotatable bonds is 4. The molecule has 0 aliphatic rings. The molecule has 0 aliphatic carbocycles. The Morgan fingerprint density at radius 1 is 0.889 bits per heavy atom. The first-order valence-corrected chi connectivity index (χ1v) is 8.04. The zero-order chi connectivity index (χ0) is 15.8. The van der Waals surface area contributed by atoms with Crippen LogP contribution in [0.4, 0.5) is 0 Å². The van der Waals surface area contributed by atoms with E-state index in [1.54, 1.807) is 0 Å². The van der Waals surface area contributed by atoms with Gasteiger partial charge in [-0.15, -0.1) is 0 Å². The number of allylic oxidation sites excluding steroid dienone is 1.